The Labute approximate surface area is 123 Å². The fraction of sp³-hybridized carbons (Fsp3) is 0.429. The molecular formula is C14H18ClN3O2. The Kier molecular flexibility index (Phi) is 5.52. The maximum atomic E-state index is 9.03. The van der Waals surface area contributed by atoms with Gasteiger partial charge in [-0.05, 0) is 37.2 Å². The van der Waals surface area contributed by atoms with Gasteiger partial charge in [-0.2, -0.15) is 4.98 Å². The molecule has 2 aromatic rings. The van der Waals surface area contributed by atoms with E-state index in [9.17, 15) is 0 Å². The quantitative estimate of drug-likeness (QED) is 0.850. The van der Waals surface area contributed by atoms with E-state index >= 15 is 0 Å². The fourth-order valence-electron chi connectivity index (χ4n) is 1.95. The summed E-state index contributed by atoms with van der Waals surface area (Å²) >= 11 is 5.85. The normalized spacial score (nSPS) is 11.2. The van der Waals surface area contributed by atoms with Crippen LogP contribution < -0.4 is 0 Å². The van der Waals surface area contributed by atoms with Gasteiger partial charge in [0.05, 0.1) is 13.2 Å². The first-order valence-corrected chi connectivity index (χ1v) is 7.02. The van der Waals surface area contributed by atoms with Crippen LogP contribution in [0.3, 0.4) is 0 Å². The number of aromatic nitrogens is 2. The highest BCUT2D eigenvalue weighted by atomic mass is 35.5. The molecule has 0 aliphatic carbocycles. The van der Waals surface area contributed by atoms with Crippen LogP contribution in [-0.4, -0.2) is 39.8 Å². The number of rotatable bonds is 7. The van der Waals surface area contributed by atoms with Crippen LogP contribution in [0.5, 0.6) is 0 Å². The summed E-state index contributed by atoms with van der Waals surface area (Å²) in [7, 11) is 0. The van der Waals surface area contributed by atoms with Crippen LogP contribution in [0.1, 0.15) is 19.2 Å². The van der Waals surface area contributed by atoms with Crippen molar-refractivity contribution in [3.8, 4) is 11.4 Å². The Morgan fingerprint density at radius 1 is 1.25 bits per heavy atom. The van der Waals surface area contributed by atoms with Crippen LogP contribution in [0.25, 0.3) is 11.4 Å². The Bertz CT molecular complexity index is 521. The summed E-state index contributed by atoms with van der Waals surface area (Å²) in [5.41, 5.74) is 0.869. The van der Waals surface area contributed by atoms with Gasteiger partial charge in [0.25, 0.3) is 0 Å². The van der Waals surface area contributed by atoms with E-state index in [2.05, 4.69) is 22.0 Å². The van der Waals surface area contributed by atoms with Gasteiger partial charge in [-0.25, -0.2) is 0 Å². The van der Waals surface area contributed by atoms with Crippen molar-refractivity contribution in [3.05, 3.63) is 35.2 Å². The van der Waals surface area contributed by atoms with Crippen LogP contribution >= 0.6 is 11.6 Å². The number of halogens is 1. The molecule has 108 valence electrons. The van der Waals surface area contributed by atoms with Crippen molar-refractivity contribution in [1.29, 1.82) is 0 Å². The van der Waals surface area contributed by atoms with E-state index in [0.29, 0.717) is 29.8 Å². The van der Waals surface area contributed by atoms with Gasteiger partial charge in [0.1, 0.15) is 0 Å². The van der Waals surface area contributed by atoms with Crippen LogP contribution in [0, 0.1) is 0 Å². The molecule has 1 heterocycles. The van der Waals surface area contributed by atoms with Gasteiger partial charge in [0.2, 0.25) is 11.7 Å². The zero-order valence-corrected chi connectivity index (χ0v) is 12.2. The third-order valence-electron chi connectivity index (χ3n) is 2.89. The number of aliphatic hydroxyl groups excluding tert-OH is 1. The van der Waals surface area contributed by atoms with Gasteiger partial charge < -0.3 is 9.63 Å². The molecule has 0 aliphatic heterocycles. The molecule has 0 unspecified atom stereocenters. The van der Waals surface area contributed by atoms with Crippen LogP contribution in [0.4, 0.5) is 0 Å². The molecule has 0 amide bonds. The third-order valence-corrected chi connectivity index (χ3v) is 3.14. The number of nitrogens with zero attached hydrogens (tertiary/aromatic N) is 3. The highest BCUT2D eigenvalue weighted by Crippen LogP contribution is 2.19. The van der Waals surface area contributed by atoms with Crippen LogP contribution in [0.2, 0.25) is 5.02 Å². The molecule has 5 nitrogen and oxygen atoms in total. The summed E-state index contributed by atoms with van der Waals surface area (Å²) in [4.78, 5) is 6.45. The minimum absolute atomic E-state index is 0.123. The highest BCUT2D eigenvalue weighted by molar-refractivity contribution is 6.30. The molecule has 1 aromatic heterocycles. The van der Waals surface area contributed by atoms with Gasteiger partial charge >= 0.3 is 0 Å². The Morgan fingerprint density at radius 3 is 2.65 bits per heavy atom. The lowest BCUT2D eigenvalue weighted by Gasteiger charge is -2.17. The highest BCUT2D eigenvalue weighted by Gasteiger charge is 2.12. The smallest absolute Gasteiger partial charge is 0.241 e. The first kappa shape index (κ1) is 15.0. The van der Waals surface area contributed by atoms with E-state index in [0.717, 1.165) is 18.5 Å². The SMILES string of the molecule is CCCN(CCO)Cc1nc(-c2ccc(Cl)cc2)no1. The number of hydrogen-bond acceptors (Lipinski definition) is 5. The van der Waals surface area contributed by atoms with E-state index in [4.69, 9.17) is 21.2 Å². The second-order valence-corrected chi connectivity index (χ2v) is 4.95. The molecule has 1 aromatic carbocycles. The predicted molar refractivity (Wildman–Crippen MR) is 77.4 cm³/mol. The average Bonchev–Trinajstić information content (AvgIpc) is 2.89. The molecule has 0 fully saturated rings. The number of hydrogen-bond donors (Lipinski definition) is 1. The summed E-state index contributed by atoms with van der Waals surface area (Å²) in [6.45, 7) is 4.26. The van der Waals surface area contributed by atoms with Gasteiger partial charge in [-0.3, -0.25) is 4.90 Å². The van der Waals surface area contributed by atoms with E-state index in [1.807, 2.05) is 12.1 Å². The molecule has 0 aliphatic rings. The van der Waals surface area contributed by atoms with Crippen molar-refractivity contribution < 1.29 is 9.63 Å². The minimum atomic E-state index is 0.123. The molecule has 20 heavy (non-hydrogen) atoms. The van der Waals surface area contributed by atoms with Crippen molar-refractivity contribution in [2.24, 2.45) is 0 Å². The second-order valence-electron chi connectivity index (χ2n) is 4.52. The first-order chi connectivity index (χ1) is 9.72. The van der Waals surface area contributed by atoms with Crippen molar-refractivity contribution in [2.45, 2.75) is 19.9 Å². The number of benzene rings is 1. The molecule has 1 N–H and O–H groups in total. The Morgan fingerprint density at radius 2 is 2.00 bits per heavy atom. The standard InChI is InChI=1S/C14H18ClN3O2/c1-2-7-18(8-9-19)10-13-16-14(17-20-13)11-3-5-12(15)6-4-11/h3-6,19H,2,7-10H2,1H3. The van der Waals surface area contributed by atoms with E-state index < -0.39 is 0 Å². The van der Waals surface area contributed by atoms with E-state index in [-0.39, 0.29) is 6.61 Å². The average molecular weight is 296 g/mol. The largest absolute Gasteiger partial charge is 0.395 e. The minimum Gasteiger partial charge on any atom is -0.395 e. The van der Waals surface area contributed by atoms with E-state index in [1.54, 1.807) is 12.1 Å². The zero-order valence-electron chi connectivity index (χ0n) is 11.4. The van der Waals surface area contributed by atoms with Gasteiger partial charge in [-0.1, -0.05) is 23.7 Å². The van der Waals surface area contributed by atoms with Crippen molar-refractivity contribution >= 4 is 11.6 Å². The molecule has 0 radical (unpaired) electrons. The molecule has 2 rings (SSSR count). The fourth-order valence-corrected chi connectivity index (χ4v) is 2.08. The van der Waals surface area contributed by atoms with Gasteiger partial charge in [0, 0.05) is 17.1 Å². The van der Waals surface area contributed by atoms with Crippen LogP contribution in [-0.2, 0) is 6.54 Å². The number of aliphatic hydroxyl groups is 1. The molecule has 0 bridgehead atoms. The lowest BCUT2D eigenvalue weighted by atomic mass is 10.2. The maximum Gasteiger partial charge on any atom is 0.241 e. The second kappa shape index (κ2) is 7.38. The lowest BCUT2D eigenvalue weighted by molar-refractivity contribution is 0.174. The molecule has 0 saturated carbocycles. The topological polar surface area (TPSA) is 62.4 Å². The lowest BCUT2D eigenvalue weighted by Crippen LogP contribution is -2.27. The van der Waals surface area contributed by atoms with Gasteiger partial charge in [0.15, 0.2) is 0 Å². The predicted octanol–water partition coefficient (Wildman–Crippen LogP) is 2.59. The molecule has 0 atom stereocenters. The first-order valence-electron chi connectivity index (χ1n) is 6.64. The third kappa shape index (κ3) is 4.03. The summed E-state index contributed by atoms with van der Waals surface area (Å²) in [5.74, 6) is 1.11. The Hall–Kier alpha value is -1.43. The van der Waals surface area contributed by atoms with Crippen molar-refractivity contribution in [2.75, 3.05) is 19.7 Å². The summed E-state index contributed by atoms with van der Waals surface area (Å²) in [6.07, 6.45) is 1.01. The Balaban J connectivity index is 2.06. The molecular weight excluding hydrogens is 278 g/mol. The van der Waals surface area contributed by atoms with Crippen LogP contribution in [0.15, 0.2) is 28.8 Å². The molecule has 0 saturated heterocycles. The summed E-state index contributed by atoms with van der Waals surface area (Å²) in [5, 5.41) is 13.7. The molecule has 0 spiro atoms. The van der Waals surface area contributed by atoms with E-state index in [1.165, 1.54) is 0 Å². The van der Waals surface area contributed by atoms with Gasteiger partial charge in [-0.15, -0.1) is 0 Å². The maximum absolute atomic E-state index is 9.03. The molecule has 6 heteroatoms. The monoisotopic (exact) mass is 295 g/mol. The zero-order chi connectivity index (χ0) is 14.4. The summed E-state index contributed by atoms with van der Waals surface area (Å²) < 4.78 is 5.26. The van der Waals surface area contributed by atoms with Crippen molar-refractivity contribution in [3.63, 3.8) is 0 Å². The van der Waals surface area contributed by atoms with Crippen molar-refractivity contribution in [1.82, 2.24) is 15.0 Å². The summed E-state index contributed by atoms with van der Waals surface area (Å²) in [6, 6.07) is 7.30.